The molecule has 1 fully saturated rings. The van der Waals surface area contributed by atoms with E-state index in [0.29, 0.717) is 6.42 Å². The monoisotopic (exact) mass is 354 g/mol. The number of nitro groups is 1. The van der Waals surface area contributed by atoms with Gasteiger partial charge in [0.2, 0.25) is 0 Å². The summed E-state index contributed by atoms with van der Waals surface area (Å²) in [6.45, 7) is 1.53. The Morgan fingerprint density at radius 3 is 2.58 bits per heavy atom. The molecule has 130 valence electrons. The minimum atomic E-state index is -0.801. The summed E-state index contributed by atoms with van der Waals surface area (Å²) in [6, 6.07) is 5.90. The molecule has 1 aromatic rings. The van der Waals surface area contributed by atoms with Crippen LogP contribution in [0.3, 0.4) is 0 Å². The molecule has 0 saturated carbocycles. The number of aryl methyl sites for hydroxylation is 1. The molecule has 8 nitrogen and oxygen atoms in total. The molecule has 1 aromatic carbocycles. The molecule has 0 radical (unpaired) electrons. The van der Waals surface area contributed by atoms with Gasteiger partial charge in [0.15, 0.2) is 0 Å². The third-order valence-electron chi connectivity index (χ3n) is 3.77. The van der Waals surface area contributed by atoms with Gasteiger partial charge in [-0.3, -0.25) is 14.9 Å². The normalized spacial score (nSPS) is 21.1. The van der Waals surface area contributed by atoms with E-state index in [1.165, 1.54) is 30.8 Å². The third-order valence-corrected chi connectivity index (χ3v) is 4.73. The highest BCUT2D eigenvalue weighted by molar-refractivity contribution is 7.99. The number of benzene rings is 1. The Balaban J connectivity index is 1.85. The second-order valence-electron chi connectivity index (χ2n) is 5.44. The molecule has 1 aliphatic heterocycles. The number of amides is 1. The van der Waals surface area contributed by atoms with Gasteiger partial charge in [0.1, 0.15) is 11.3 Å². The Morgan fingerprint density at radius 2 is 2.08 bits per heavy atom. The number of non-ortho nitro benzene ring substituents is 1. The molecule has 0 unspecified atom stereocenters. The summed E-state index contributed by atoms with van der Waals surface area (Å²) < 4.78 is 0. The number of rotatable bonds is 7. The van der Waals surface area contributed by atoms with Crippen LogP contribution in [0.15, 0.2) is 24.3 Å². The van der Waals surface area contributed by atoms with Crippen molar-refractivity contribution in [3.8, 4) is 0 Å². The lowest BCUT2D eigenvalue weighted by Gasteiger charge is -2.44. The van der Waals surface area contributed by atoms with Crippen LogP contribution >= 0.6 is 11.8 Å². The lowest BCUT2D eigenvalue weighted by molar-refractivity contribution is -0.384. The number of hydrogen-bond acceptors (Lipinski definition) is 7. The van der Waals surface area contributed by atoms with E-state index >= 15 is 0 Å². The van der Waals surface area contributed by atoms with Crippen molar-refractivity contribution in [3.63, 3.8) is 0 Å². The van der Waals surface area contributed by atoms with E-state index in [4.69, 9.17) is 4.84 Å². The van der Waals surface area contributed by atoms with E-state index in [0.717, 1.165) is 10.6 Å². The average molecular weight is 354 g/mol. The molecule has 9 heteroatoms. The van der Waals surface area contributed by atoms with E-state index in [2.05, 4.69) is 0 Å². The number of carbonyl (C=O) groups excluding carboxylic acids is 2. The van der Waals surface area contributed by atoms with Crippen molar-refractivity contribution in [1.29, 1.82) is 0 Å². The first kappa shape index (κ1) is 18.2. The topological polar surface area (TPSA) is 110 Å². The molecule has 0 bridgehead atoms. The molecule has 1 heterocycles. The summed E-state index contributed by atoms with van der Waals surface area (Å²) in [5.74, 6) is -1.54. The maximum absolute atomic E-state index is 11.9. The molecule has 1 N–H and O–H groups in total. The van der Waals surface area contributed by atoms with Gasteiger partial charge < -0.3 is 9.94 Å². The molecule has 1 saturated heterocycles. The number of nitrogens with zero attached hydrogens (tertiary/aromatic N) is 2. The van der Waals surface area contributed by atoms with Gasteiger partial charge in [-0.2, -0.15) is 5.06 Å². The molecule has 1 aliphatic rings. The van der Waals surface area contributed by atoms with Crippen LogP contribution in [0.1, 0.15) is 18.9 Å². The zero-order valence-electron chi connectivity index (χ0n) is 13.2. The van der Waals surface area contributed by atoms with Crippen molar-refractivity contribution < 1.29 is 24.5 Å². The lowest BCUT2D eigenvalue weighted by atomic mass is 9.95. The van der Waals surface area contributed by atoms with E-state index in [9.17, 15) is 24.8 Å². The van der Waals surface area contributed by atoms with Crippen LogP contribution in [0, 0.1) is 16.0 Å². The Kier molecular flexibility index (Phi) is 5.79. The minimum Gasteiger partial charge on any atom is -0.392 e. The fraction of sp³-hybridized carbons (Fsp3) is 0.467. The number of hydroxylamine groups is 2. The quantitative estimate of drug-likeness (QED) is 0.449. The number of nitro benzene ring substituents is 1. The number of aliphatic hydroxyl groups excluding tert-OH is 1. The first-order chi connectivity index (χ1) is 11.3. The van der Waals surface area contributed by atoms with E-state index in [1.54, 1.807) is 18.4 Å². The third kappa shape index (κ3) is 3.85. The summed E-state index contributed by atoms with van der Waals surface area (Å²) in [6.07, 6.45) is 1.36. The number of hydrogen-bond donors (Lipinski definition) is 1. The molecule has 0 aliphatic carbocycles. The van der Waals surface area contributed by atoms with Gasteiger partial charge in [-0.1, -0.05) is 12.1 Å². The summed E-state index contributed by atoms with van der Waals surface area (Å²) in [5, 5.41) is 20.7. The Hall–Kier alpha value is -2.13. The minimum absolute atomic E-state index is 0.0144. The predicted octanol–water partition coefficient (Wildman–Crippen LogP) is 1.51. The molecular weight excluding hydrogens is 336 g/mol. The SMILES string of the molecule is CS[C@@H]1[C@@H]([C@@H](C)O)C(=O)N1OC(=O)CCc1ccc([N+](=O)[O-])cc1. The molecular formula is C15H18N2O6S. The van der Waals surface area contributed by atoms with Crippen molar-refractivity contribution in [2.75, 3.05) is 6.26 Å². The zero-order valence-corrected chi connectivity index (χ0v) is 14.1. The van der Waals surface area contributed by atoms with Crippen molar-refractivity contribution in [1.82, 2.24) is 5.06 Å². The lowest BCUT2D eigenvalue weighted by Crippen LogP contribution is -2.62. The van der Waals surface area contributed by atoms with Gasteiger partial charge in [-0.25, -0.2) is 4.79 Å². The molecule has 1 amide bonds. The highest BCUT2D eigenvalue weighted by Gasteiger charge is 2.52. The maximum Gasteiger partial charge on any atom is 0.332 e. The predicted molar refractivity (Wildman–Crippen MR) is 86.8 cm³/mol. The van der Waals surface area contributed by atoms with Gasteiger partial charge >= 0.3 is 5.97 Å². The first-order valence-electron chi connectivity index (χ1n) is 7.33. The Bertz CT molecular complexity index is 633. The number of carbonyl (C=O) groups is 2. The molecule has 0 aromatic heterocycles. The molecule has 2 rings (SSSR count). The fourth-order valence-electron chi connectivity index (χ4n) is 2.43. The maximum atomic E-state index is 11.9. The number of aliphatic hydroxyl groups is 1. The smallest absolute Gasteiger partial charge is 0.332 e. The van der Waals surface area contributed by atoms with E-state index in [1.807, 2.05) is 0 Å². The van der Waals surface area contributed by atoms with Crippen LogP contribution in [-0.4, -0.2) is 44.7 Å². The summed E-state index contributed by atoms with van der Waals surface area (Å²) in [4.78, 5) is 38.9. The second kappa shape index (κ2) is 7.63. The van der Waals surface area contributed by atoms with Gasteiger partial charge in [-0.05, 0) is 25.2 Å². The van der Waals surface area contributed by atoms with E-state index < -0.39 is 28.8 Å². The standard InChI is InChI=1S/C15H18N2O6S/c1-9(18)13-14(20)16(15(13)24-2)23-12(19)8-5-10-3-6-11(7-4-10)17(21)22/h3-4,6-7,9,13,15,18H,5,8H2,1-2H3/t9-,13+,15-/m1/s1. The molecule has 24 heavy (non-hydrogen) atoms. The van der Waals surface area contributed by atoms with Crippen LogP contribution in [0.25, 0.3) is 0 Å². The van der Waals surface area contributed by atoms with Crippen LogP contribution in [0.2, 0.25) is 0 Å². The summed E-state index contributed by atoms with van der Waals surface area (Å²) >= 11 is 1.32. The Morgan fingerprint density at radius 1 is 1.46 bits per heavy atom. The van der Waals surface area contributed by atoms with Gasteiger partial charge in [0.05, 0.1) is 17.4 Å². The van der Waals surface area contributed by atoms with E-state index in [-0.39, 0.29) is 17.5 Å². The van der Waals surface area contributed by atoms with Crippen molar-refractivity contribution in [3.05, 3.63) is 39.9 Å². The van der Waals surface area contributed by atoms with Crippen LogP contribution in [0.5, 0.6) is 0 Å². The van der Waals surface area contributed by atoms with Crippen molar-refractivity contribution >= 4 is 29.3 Å². The summed E-state index contributed by atoms with van der Waals surface area (Å²) in [5.41, 5.74) is 0.746. The molecule has 3 atom stereocenters. The average Bonchev–Trinajstić information content (AvgIpc) is 2.55. The molecule has 0 spiro atoms. The van der Waals surface area contributed by atoms with Gasteiger partial charge in [-0.15, -0.1) is 11.8 Å². The Labute approximate surface area is 142 Å². The van der Waals surface area contributed by atoms with Crippen molar-refractivity contribution in [2.24, 2.45) is 5.92 Å². The largest absolute Gasteiger partial charge is 0.392 e. The summed E-state index contributed by atoms with van der Waals surface area (Å²) in [7, 11) is 0. The van der Waals surface area contributed by atoms with Gasteiger partial charge in [0, 0.05) is 12.1 Å². The number of β-lactam (4-membered cyclic amide) rings is 1. The highest BCUT2D eigenvalue weighted by atomic mass is 32.2. The van der Waals surface area contributed by atoms with Crippen molar-refractivity contribution in [2.45, 2.75) is 31.2 Å². The number of thioether (sulfide) groups is 1. The van der Waals surface area contributed by atoms with Gasteiger partial charge in [0.25, 0.3) is 11.6 Å². The van der Waals surface area contributed by atoms with Crippen LogP contribution in [0.4, 0.5) is 5.69 Å². The van der Waals surface area contributed by atoms with Crippen LogP contribution in [-0.2, 0) is 20.8 Å². The van der Waals surface area contributed by atoms with Crippen LogP contribution < -0.4 is 0 Å². The fourth-order valence-corrected chi connectivity index (χ4v) is 3.40. The first-order valence-corrected chi connectivity index (χ1v) is 8.62. The second-order valence-corrected chi connectivity index (χ2v) is 6.40. The highest BCUT2D eigenvalue weighted by Crippen LogP contribution is 2.36. The zero-order chi connectivity index (χ0) is 17.9.